The van der Waals surface area contributed by atoms with E-state index in [4.69, 9.17) is 4.74 Å². The minimum atomic E-state index is -2.54. The van der Waals surface area contributed by atoms with Crippen LogP contribution in [0.3, 0.4) is 0 Å². The number of halogens is 2. The van der Waals surface area contributed by atoms with Gasteiger partial charge in [-0.2, -0.15) is 0 Å². The summed E-state index contributed by atoms with van der Waals surface area (Å²) in [6.45, 7) is 0.910. The van der Waals surface area contributed by atoms with E-state index in [0.29, 0.717) is 11.3 Å². The normalized spacial score (nSPS) is 12.9. The van der Waals surface area contributed by atoms with Gasteiger partial charge in [0.05, 0.1) is 6.10 Å². The first-order chi connectivity index (χ1) is 8.59. The average Bonchev–Trinajstić information content (AvgIpc) is 2.35. The first-order valence-electron chi connectivity index (χ1n) is 5.70. The average molecular weight is 252 g/mol. The molecular weight excluding hydrogens is 238 g/mol. The van der Waals surface area contributed by atoms with E-state index < -0.39 is 19.1 Å². The molecule has 1 atom stereocenters. The fraction of sp³-hybridized carbons (Fsp3) is 0.286. The van der Waals surface area contributed by atoms with Crippen LogP contribution in [0.1, 0.15) is 18.6 Å². The smallest absolute Gasteiger partial charge is 0.272 e. The number of hydrogen-bond acceptors (Lipinski definition) is 2. The number of fused-ring (bicyclic) bond motifs is 1. The van der Waals surface area contributed by atoms with Gasteiger partial charge in [-0.05, 0) is 12.3 Å². The summed E-state index contributed by atoms with van der Waals surface area (Å²) in [6, 6.07) is 10.9. The van der Waals surface area contributed by atoms with Crippen LogP contribution in [0.2, 0.25) is 0 Å². The summed E-state index contributed by atoms with van der Waals surface area (Å²) in [7, 11) is 0. The highest BCUT2D eigenvalue weighted by atomic mass is 19.3. The molecule has 0 spiro atoms. The molecule has 0 aliphatic rings. The Labute approximate surface area is 104 Å². The molecule has 0 fully saturated rings. The highest BCUT2D eigenvalue weighted by Gasteiger charge is 2.14. The maximum absolute atomic E-state index is 12.3. The Morgan fingerprint density at radius 3 is 2.56 bits per heavy atom. The standard InChI is InChI=1S/C14H14F2O2/c1-9(17)11-7-6-10-4-2-3-5-12(10)14(11)18-8-13(15)16/h2-7,9,13,17H,8H2,1H3/t9-/m1/s1. The summed E-state index contributed by atoms with van der Waals surface area (Å²) >= 11 is 0. The Morgan fingerprint density at radius 1 is 1.17 bits per heavy atom. The van der Waals surface area contributed by atoms with Crippen LogP contribution < -0.4 is 4.74 Å². The van der Waals surface area contributed by atoms with Crippen LogP contribution in [0, 0.1) is 0 Å². The predicted octanol–water partition coefficient (Wildman–Crippen LogP) is 3.54. The lowest BCUT2D eigenvalue weighted by molar-refractivity contribution is 0.0803. The van der Waals surface area contributed by atoms with Crippen molar-refractivity contribution in [1.29, 1.82) is 0 Å². The lowest BCUT2D eigenvalue weighted by Crippen LogP contribution is -2.09. The van der Waals surface area contributed by atoms with Gasteiger partial charge in [-0.3, -0.25) is 0 Å². The minimum absolute atomic E-state index is 0.336. The van der Waals surface area contributed by atoms with E-state index in [1.165, 1.54) is 0 Å². The lowest BCUT2D eigenvalue weighted by Gasteiger charge is -2.15. The fourth-order valence-electron chi connectivity index (χ4n) is 1.90. The molecule has 0 saturated carbocycles. The summed E-state index contributed by atoms with van der Waals surface area (Å²) in [5.74, 6) is 0.336. The SMILES string of the molecule is C[C@@H](O)c1ccc2ccccc2c1OCC(F)F. The molecule has 0 heterocycles. The highest BCUT2D eigenvalue weighted by molar-refractivity contribution is 5.89. The second kappa shape index (κ2) is 5.31. The third-order valence-electron chi connectivity index (χ3n) is 2.71. The van der Waals surface area contributed by atoms with Crippen molar-refractivity contribution in [3.63, 3.8) is 0 Å². The van der Waals surface area contributed by atoms with Crippen LogP contribution >= 0.6 is 0 Å². The number of aliphatic hydroxyl groups is 1. The maximum atomic E-state index is 12.3. The Kier molecular flexibility index (Phi) is 3.77. The highest BCUT2D eigenvalue weighted by Crippen LogP contribution is 2.33. The molecule has 2 rings (SSSR count). The van der Waals surface area contributed by atoms with Crippen molar-refractivity contribution in [2.45, 2.75) is 19.5 Å². The van der Waals surface area contributed by atoms with Crippen LogP contribution in [0.15, 0.2) is 36.4 Å². The molecule has 1 N–H and O–H groups in total. The van der Waals surface area contributed by atoms with E-state index in [0.717, 1.165) is 10.8 Å². The van der Waals surface area contributed by atoms with E-state index in [-0.39, 0.29) is 0 Å². The van der Waals surface area contributed by atoms with Gasteiger partial charge in [0.15, 0.2) is 0 Å². The summed E-state index contributed by atoms with van der Waals surface area (Å²) in [5.41, 5.74) is 0.523. The van der Waals surface area contributed by atoms with Crippen molar-refractivity contribution < 1.29 is 18.6 Å². The summed E-state index contributed by atoms with van der Waals surface area (Å²) in [5, 5.41) is 11.3. The van der Waals surface area contributed by atoms with Crippen molar-refractivity contribution in [3.05, 3.63) is 42.0 Å². The van der Waals surface area contributed by atoms with Crippen LogP contribution in [0.4, 0.5) is 8.78 Å². The van der Waals surface area contributed by atoms with Gasteiger partial charge in [0.2, 0.25) is 0 Å². The zero-order chi connectivity index (χ0) is 13.1. The van der Waals surface area contributed by atoms with Crippen LogP contribution in [-0.2, 0) is 0 Å². The van der Waals surface area contributed by atoms with Crippen LogP contribution in [0.5, 0.6) is 5.75 Å². The molecule has 0 saturated heterocycles. The second-order valence-electron chi connectivity index (χ2n) is 4.08. The molecule has 0 bridgehead atoms. The van der Waals surface area contributed by atoms with Gasteiger partial charge < -0.3 is 9.84 Å². The minimum Gasteiger partial charge on any atom is -0.487 e. The monoisotopic (exact) mass is 252 g/mol. The Bertz CT molecular complexity index is 538. The first-order valence-corrected chi connectivity index (χ1v) is 5.70. The second-order valence-corrected chi connectivity index (χ2v) is 4.08. The molecule has 18 heavy (non-hydrogen) atoms. The lowest BCUT2D eigenvalue weighted by atomic mass is 10.0. The Hall–Kier alpha value is -1.68. The molecule has 0 radical (unpaired) electrons. The molecule has 0 amide bonds. The predicted molar refractivity (Wildman–Crippen MR) is 66.1 cm³/mol. The molecule has 2 nitrogen and oxygen atoms in total. The third kappa shape index (κ3) is 2.59. The summed E-state index contributed by atoms with van der Waals surface area (Å²) in [6.07, 6.45) is -3.30. The van der Waals surface area contributed by atoms with Gasteiger partial charge >= 0.3 is 0 Å². The molecule has 0 aliphatic carbocycles. The number of alkyl halides is 2. The zero-order valence-electron chi connectivity index (χ0n) is 9.94. The Balaban J connectivity index is 2.52. The van der Waals surface area contributed by atoms with Gasteiger partial charge in [-0.15, -0.1) is 0 Å². The topological polar surface area (TPSA) is 29.5 Å². The first kappa shape index (κ1) is 12.8. The summed E-state index contributed by atoms with van der Waals surface area (Å²) < 4.78 is 29.7. The molecule has 2 aromatic carbocycles. The van der Waals surface area contributed by atoms with Gasteiger partial charge in [0.1, 0.15) is 12.4 Å². The van der Waals surface area contributed by atoms with Gasteiger partial charge in [0, 0.05) is 10.9 Å². The molecule has 96 valence electrons. The number of rotatable bonds is 4. The van der Waals surface area contributed by atoms with Crippen molar-refractivity contribution in [2.75, 3.05) is 6.61 Å². The van der Waals surface area contributed by atoms with Gasteiger partial charge in [-0.1, -0.05) is 36.4 Å². The zero-order valence-corrected chi connectivity index (χ0v) is 9.94. The van der Waals surface area contributed by atoms with Crippen LogP contribution in [0.25, 0.3) is 10.8 Å². The van der Waals surface area contributed by atoms with E-state index in [2.05, 4.69) is 0 Å². The van der Waals surface area contributed by atoms with Crippen molar-refractivity contribution in [1.82, 2.24) is 0 Å². The van der Waals surface area contributed by atoms with Gasteiger partial charge in [0.25, 0.3) is 6.43 Å². The van der Waals surface area contributed by atoms with Crippen molar-refractivity contribution in [3.8, 4) is 5.75 Å². The Morgan fingerprint density at radius 2 is 1.89 bits per heavy atom. The van der Waals surface area contributed by atoms with E-state index in [9.17, 15) is 13.9 Å². The quantitative estimate of drug-likeness (QED) is 0.901. The molecule has 2 aromatic rings. The van der Waals surface area contributed by atoms with Crippen molar-refractivity contribution >= 4 is 10.8 Å². The van der Waals surface area contributed by atoms with Crippen LogP contribution in [-0.4, -0.2) is 18.1 Å². The van der Waals surface area contributed by atoms with E-state index in [1.807, 2.05) is 24.3 Å². The summed E-state index contributed by atoms with van der Waals surface area (Å²) in [4.78, 5) is 0. The van der Waals surface area contributed by atoms with Crippen molar-refractivity contribution in [2.24, 2.45) is 0 Å². The molecule has 0 aromatic heterocycles. The number of aliphatic hydroxyl groups excluding tert-OH is 1. The molecule has 4 heteroatoms. The third-order valence-corrected chi connectivity index (χ3v) is 2.71. The van der Waals surface area contributed by atoms with E-state index >= 15 is 0 Å². The number of ether oxygens (including phenoxy) is 1. The maximum Gasteiger partial charge on any atom is 0.272 e. The molecular formula is C14H14F2O2. The molecule has 0 unspecified atom stereocenters. The largest absolute Gasteiger partial charge is 0.487 e. The molecule has 0 aliphatic heterocycles. The van der Waals surface area contributed by atoms with Gasteiger partial charge in [-0.25, -0.2) is 8.78 Å². The number of benzene rings is 2. The fourth-order valence-corrected chi connectivity index (χ4v) is 1.90. The number of hydrogen-bond donors (Lipinski definition) is 1. The van der Waals surface area contributed by atoms with E-state index in [1.54, 1.807) is 19.1 Å².